The normalized spacial score (nSPS) is 11.7. The summed E-state index contributed by atoms with van der Waals surface area (Å²) in [6.45, 7) is 0. The number of halogens is 4. The summed E-state index contributed by atoms with van der Waals surface area (Å²) >= 11 is 6.15. The molecule has 3 aromatic rings. The average Bonchev–Trinajstić information content (AvgIpc) is 2.54. The van der Waals surface area contributed by atoms with E-state index in [9.17, 15) is 18.0 Å². The summed E-state index contributed by atoms with van der Waals surface area (Å²) in [5, 5.41) is 0.0000239. The lowest BCUT2D eigenvalue weighted by molar-refractivity contribution is -0.136. The van der Waals surface area contributed by atoms with Gasteiger partial charge in [0.2, 0.25) is 5.78 Å². The Labute approximate surface area is 133 Å². The minimum atomic E-state index is -4.55. The predicted molar refractivity (Wildman–Crippen MR) is 79.4 cm³/mol. The number of alkyl halides is 3. The highest BCUT2D eigenvalue weighted by molar-refractivity contribution is 6.39. The van der Waals surface area contributed by atoms with Crippen molar-refractivity contribution in [3.63, 3.8) is 0 Å². The number of carbonyl (C=O) groups excluding carboxylic acids is 1. The third kappa shape index (κ3) is 2.77. The van der Waals surface area contributed by atoms with Gasteiger partial charge in [-0.1, -0.05) is 29.8 Å². The number of ketones is 1. The van der Waals surface area contributed by atoms with Gasteiger partial charge in [-0.25, -0.2) is 0 Å². The van der Waals surface area contributed by atoms with E-state index in [4.69, 9.17) is 11.6 Å². The summed E-state index contributed by atoms with van der Waals surface area (Å²) in [5.74, 6) is -0.498. The van der Waals surface area contributed by atoms with Crippen molar-refractivity contribution in [1.82, 2.24) is 9.97 Å². The van der Waals surface area contributed by atoms with Crippen molar-refractivity contribution in [1.29, 1.82) is 0 Å². The van der Waals surface area contributed by atoms with Crippen molar-refractivity contribution >= 4 is 28.3 Å². The molecule has 0 amide bonds. The van der Waals surface area contributed by atoms with Gasteiger partial charge < -0.3 is 0 Å². The number of rotatable bonds is 2. The fourth-order valence-electron chi connectivity index (χ4n) is 2.21. The Morgan fingerprint density at radius 2 is 1.83 bits per heavy atom. The Bertz CT molecular complexity index is 895. The smallest absolute Gasteiger partial charge is 0.287 e. The second-order valence-electron chi connectivity index (χ2n) is 4.73. The maximum absolute atomic E-state index is 13.0. The third-order valence-electron chi connectivity index (χ3n) is 3.28. The summed E-state index contributed by atoms with van der Waals surface area (Å²) in [7, 11) is 0. The van der Waals surface area contributed by atoms with Crippen LogP contribution in [0.2, 0.25) is 5.02 Å². The summed E-state index contributed by atoms with van der Waals surface area (Å²) in [6, 6.07) is 8.32. The molecule has 0 aliphatic heterocycles. The van der Waals surface area contributed by atoms with Crippen LogP contribution in [0.4, 0.5) is 13.2 Å². The second kappa shape index (κ2) is 5.62. The lowest BCUT2D eigenvalue weighted by atomic mass is 10.0. The number of nitrogens with zero attached hydrogens (tertiary/aromatic N) is 2. The predicted octanol–water partition coefficient (Wildman–Crippen LogP) is 4.53. The highest BCUT2D eigenvalue weighted by atomic mass is 35.5. The molecule has 116 valence electrons. The molecule has 7 heteroatoms. The van der Waals surface area contributed by atoms with E-state index in [0.29, 0.717) is 0 Å². The molecule has 0 fully saturated rings. The topological polar surface area (TPSA) is 42.9 Å². The van der Waals surface area contributed by atoms with E-state index in [-0.39, 0.29) is 27.2 Å². The molecule has 0 saturated heterocycles. The first kappa shape index (κ1) is 15.4. The van der Waals surface area contributed by atoms with Crippen molar-refractivity contribution < 1.29 is 18.0 Å². The van der Waals surface area contributed by atoms with Crippen molar-refractivity contribution in [3.05, 3.63) is 70.6 Å². The number of para-hydroxylation sites is 1. The number of hydrogen-bond acceptors (Lipinski definition) is 3. The molecule has 0 atom stereocenters. The highest BCUT2D eigenvalue weighted by Crippen LogP contribution is 2.36. The van der Waals surface area contributed by atoms with Crippen molar-refractivity contribution in [3.8, 4) is 0 Å². The zero-order valence-electron chi connectivity index (χ0n) is 11.4. The van der Waals surface area contributed by atoms with Crippen LogP contribution >= 0.6 is 11.6 Å². The van der Waals surface area contributed by atoms with Gasteiger partial charge in [0.25, 0.3) is 0 Å². The quantitative estimate of drug-likeness (QED) is 0.646. The molecular weight excluding hydrogens is 329 g/mol. The molecule has 2 aromatic heterocycles. The molecule has 0 saturated carbocycles. The average molecular weight is 337 g/mol. The Morgan fingerprint density at radius 1 is 1.04 bits per heavy atom. The Hall–Kier alpha value is -2.47. The van der Waals surface area contributed by atoms with Crippen LogP contribution in [0.1, 0.15) is 21.6 Å². The van der Waals surface area contributed by atoms with Gasteiger partial charge >= 0.3 is 6.18 Å². The van der Waals surface area contributed by atoms with Gasteiger partial charge in [-0.2, -0.15) is 13.2 Å². The molecule has 0 bridgehead atoms. The SMILES string of the molecule is O=C(c1ccccn1)c1cnc2c(C(F)(F)F)cccc2c1Cl. The lowest BCUT2D eigenvalue weighted by Crippen LogP contribution is -2.09. The summed E-state index contributed by atoms with van der Waals surface area (Å²) in [6.07, 6.45) is -2.06. The largest absolute Gasteiger partial charge is 0.418 e. The number of hydrogen-bond donors (Lipinski definition) is 0. The Morgan fingerprint density at radius 3 is 2.48 bits per heavy atom. The first-order chi connectivity index (χ1) is 10.9. The first-order valence-corrected chi connectivity index (χ1v) is 6.87. The minimum absolute atomic E-state index is 0.0113. The highest BCUT2D eigenvalue weighted by Gasteiger charge is 2.33. The molecule has 23 heavy (non-hydrogen) atoms. The van der Waals surface area contributed by atoms with Crippen LogP contribution in [0, 0.1) is 0 Å². The molecule has 3 nitrogen and oxygen atoms in total. The van der Waals surface area contributed by atoms with Gasteiger partial charge in [-0.15, -0.1) is 0 Å². The molecule has 0 aliphatic carbocycles. The van der Waals surface area contributed by atoms with Crippen molar-refractivity contribution in [2.24, 2.45) is 0 Å². The van der Waals surface area contributed by atoms with Crippen molar-refractivity contribution in [2.75, 3.05) is 0 Å². The van der Waals surface area contributed by atoms with E-state index in [0.717, 1.165) is 12.3 Å². The van der Waals surface area contributed by atoms with E-state index in [1.807, 2.05) is 0 Å². The van der Waals surface area contributed by atoms with E-state index >= 15 is 0 Å². The van der Waals surface area contributed by atoms with Crippen molar-refractivity contribution in [2.45, 2.75) is 6.18 Å². The number of carbonyl (C=O) groups is 1. The van der Waals surface area contributed by atoms with Crippen LogP contribution < -0.4 is 0 Å². The van der Waals surface area contributed by atoms with Crippen LogP contribution in [0.5, 0.6) is 0 Å². The monoisotopic (exact) mass is 336 g/mol. The molecular formula is C16H8ClF3N2O. The van der Waals surface area contributed by atoms with Crippen LogP contribution in [-0.2, 0) is 6.18 Å². The van der Waals surface area contributed by atoms with Gasteiger partial charge in [0.1, 0.15) is 5.69 Å². The standard InChI is InChI=1S/C16H8ClF3N2O/c17-13-9-4-3-5-11(16(18,19)20)14(9)22-8-10(13)15(23)12-6-1-2-7-21-12/h1-8H. The van der Waals surface area contributed by atoms with Crippen LogP contribution in [-0.4, -0.2) is 15.8 Å². The minimum Gasteiger partial charge on any atom is -0.287 e. The fraction of sp³-hybridized carbons (Fsp3) is 0.0625. The van der Waals surface area contributed by atoms with Gasteiger partial charge in [-0.3, -0.25) is 14.8 Å². The summed E-state index contributed by atoms with van der Waals surface area (Å²) in [5.41, 5.74) is -1.03. The number of fused-ring (bicyclic) bond motifs is 1. The van der Waals surface area contributed by atoms with E-state index in [1.165, 1.54) is 24.4 Å². The molecule has 0 radical (unpaired) electrons. The van der Waals surface area contributed by atoms with Crippen LogP contribution in [0.3, 0.4) is 0 Å². The Balaban J connectivity index is 2.19. The van der Waals surface area contributed by atoms with Gasteiger partial charge in [0.15, 0.2) is 0 Å². The molecule has 0 aliphatic rings. The number of pyridine rings is 2. The van der Waals surface area contributed by atoms with Crippen LogP contribution in [0.15, 0.2) is 48.8 Å². The molecule has 0 unspecified atom stereocenters. The van der Waals surface area contributed by atoms with Gasteiger partial charge in [0.05, 0.1) is 21.7 Å². The first-order valence-electron chi connectivity index (χ1n) is 6.50. The van der Waals surface area contributed by atoms with E-state index in [1.54, 1.807) is 12.1 Å². The summed E-state index contributed by atoms with van der Waals surface area (Å²) < 4.78 is 39.0. The molecule has 1 aromatic carbocycles. The lowest BCUT2D eigenvalue weighted by Gasteiger charge is -2.11. The Kier molecular flexibility index (Phi) is 3.77. The second-order valence-corrected chi connectivity index (χ2v) is 5.11. The molecule has 3 rings (SSSR count). The molecule has 0 spiro atoms. The number of aromatic nitrogens is 2. The third-order valence-corrected chi connectivity index (χ3v) is 3.69. The van der Waals surface area contributed by atoms with E-state index in [2.05, 4.69) is 9.97 Å². The van der Waals surface area contributed by atoms with Gasteiger partial charge in [-0.05, 0) is 18.2 Å². The van der Waals surface area contributed by atoms with Crippen LogP contribution in [0.25, 0.3) is 10.9 Å². The van der Waals surface area contributed by atoms with E-state index < -0.39 is 17.5 Å². The maximum Gasteiger partial charge on any atom is 0.418 e. The zero-order valence-corrected chi connectivity index (χ0v) is 12.2. The maximum atomic E-state index is 13.0. The van der Waals surface area contributed by atoms with Gasteiger partial charge in [0, 0.05) is 17.8 Å². The fourth-order valence-corrected chi connectivity index (χ4v) is 2.50. The molecule has 2 heterocycles. The summed E-state index contributed by atoms with van der Waals surface area (Å²) in [4.78, 5) is 20.1. The molecule has 0 N–H and O–H groups in total. The zero-order chi connectivity index (χ0) is 16.6. The number of benzene rings is 1.